The third-order valence-electron chi connectivity index (χ3n) is 3.48. The summed E-state index contributed by atoms with van der Waals surface area (Å²) in [5.74, 6) is 0. The number of hydrogen-bond donors (Lipinski definition) is 1. The van der Waals surface area contributed by atoms with E-state index in [4.69, 9.17) is 0 Å². The first-order valence-electron chi connectivity index (χ1n) is 6.81. The van der Waals surface area contributed by atoms with Crippen LogP contribution in [0.3, 0.4) is 0 Å². The maximum atomic E-state index is 9.65. The maximum Gasteiger partial charge on any atom is 0.0667 e. The Morgan fingerprint density at radius 2 is 2.17 bits per heavy atom. The summed E-state index contributed by atoms with van der Waals surface area (Å²) in [6.45, 7) is 9.30. The van der Waals surface area contributed by atoms with Gasteiger partial charge in [0.15, 0.2) is 0 Å². The van der Waals surface area contributed by atoms with E-state index in [9.17, 15) is 5.11 Å². The largest absolute Gasteiger partial charge is 0.392 e. The van der Waals surface area contributed by atoms with Gasteiger partial charge in [0.05, 0.1) is 6.10 Å². The fraction of sp³-hybridized carbons (Fsp3) is 0.667. The van der Waals surface area contributed by atoms with Gasteiger partial charge < -0.3 is 5.11 Å². The van der Waals surface area contributed by atoms with Crippen LogP contribution in [0.1, 0.15) is 44.9 Å². The van der Waals surface area contributed by atoms with Gasteiger partial charge in [0, 0.05) is 30.4 Å². The van der Waals surface area contributed by atoms with Crippen molar-refractivity contribution < 1.29 is 5.11 Å². The molecule has 1 aliphatic heterocycles. The Kier molecular flexibility index (Phi) is 4.03. The first kappa shape index (κ1) is 13.5. The van der Waals surface area contributed by atoms with E-state index in [-0.39, 0.29) is 11.5 Å². The Morgan fingerprint density at radius 1 is 1.39 bits per heavy atom. The number of aromatic nitrogens is 1. The highest BCUT2D eigenvalue weighted by Gasteiger charge is 2.18. The second kappa shape index (κ2) is 5.37. The van der Waals surface area contributed by atoms with Crippen molar-refractivity contribution in [2.24, 2.45) is 0 Å². The molecule has 1 saturated heterocycles. The van der Waals surface area contributed by atoms with Crippen LogP contribution in [0.15, 0.2) is 18.3 Å². The van der Waals surface area contributed by atoms with Gasteiger partial charge in [0.25, 0.3) is 0 Å². The lowest BCUT2D eigenvalue weighted by Crippen LogP contribution is -2.37. The monoisotopic (exact) mass is 248 g/mol. The van der Waals surface area contributed by atoms with Crippen molar-refractivity contribution in [1.82, 2.24) is 9.88 Å². The molecule has 0 aromatic carbocycles. The molecule has 0 aliphatic carbocycles. The zero-order chi connectivity index (χ0) is 13.2. The molecular formula is C15H24N2O. The number of hydrogen-bond acceptors (Lipinski definition) is 3. The number of aliphatic hydroxyl groups is 1. The molecule has 0 saturated carbocycles. The standard InChI is InChI=1S/C15H24N2O/c1-15(2,3)14-7-6-12(9-16-14)10-17-8-4-5-13(18)11-17/h6-7,9,13,18H,4-5,8,10-11H2,1-3H3. The van der Waals surface area contributed by atoms with Gasteiger partial charge in [0.2, 0.25) is 0 Å². The van der Waals surface area contributed by atoms with Crippen molar-refractivity contribution in [2.45, 2.75) is 51.7 Å². The van der Waals surface area contributed by atoms with Gasteiger partial charge in [-0.2, -0.15) is 0 Å². The van der Waals surface area contributed by atoms with Crippen LogP contribution in [0, 0.1) is 0 Å². The molecule has 2 heterocycles. The van der Waals surface area contributed by atoms with E-state index in [1.54, 1.807) is 0 Å². The van der Waals surface area contributed by atoms with Crippen LogP contribution in [0.4, 0.5) is 0 Å². The third kappa shape index (κ3) is 3.53. The Hall–Kier alpha value is -0.930. The van der Waals surface area contributed by atoms with Crippen molar-refractivity contribution in [3.63, 3.8) is 0 Å². The van der Waals surface area contributed by atoms with Crippen LogP contribution in [0.2, 0.25) is 0 Å². The lowest BCUT2D eigenvalue weighted by atomic mass is 9.91. The van der Waals surface area contributed by atoms with E-state index in [1.807, 2.05) is 6.20 Å². The Bertz CT molecular complexity index is 380. The molecule has 100 valence electrons. The molecule has 1 aromatic rings. The molecule has 0 spiro atoms. The van der Waals surface area contributed by atoms with Crippen molar-refractivity contribution in [2.75, 3.05) is 13.1 Å². The van der Waals surface area contributed by atoms with Crippen LogP contribution in [0.25, 0.3) is 0 Å². The highest BCUT2D eigenvalue weighted by molar-refractivity contribution is 5.19. The third-order valence-corrected chi connectivity index (χ3v) is 3.48. The smallest absolute Gasteiger partial charge is 0.0667 e. The average Bonchev–Trinajstić information content (AvgIpc) is 2.28. The zero-order valence-corrected chi connectivity index (χ0v) is 11.7. The molecule has 0 radical (unpaired) electrons. The van der Waals surface area contributed by atoms with Gasteiger partial charge in [0.1, 0.15) is 0 Å². The summed E-state index contributed by atoms with van der Waals surface area (Å²) >= 11 is 0. The summed E-state index contributed by atoms with van der Waals surface area (Å²) in [7, 11) is 0. The summed E-state index contributed by atoms with van der Waals surface area (Å²) in [5.41, 5.74) is 2.47. The summed E-state index contributed by atoms with van der Waals surface area (Å²) < 4.78 is 0. The van der Waals surface area contributed by atoms with Crippen LogP contribution in [-0.4, -0.2) is 34.2 Å². The first-order chi connectivity index (χ1) is 8.45. The zero-order valence-electron chi connectivity index (χ0n) is 11.7. The number of nitrogens with zero attached hydrogens (tertiary/aromatic N) is 2. The SMILES string of the molecule is CC(C)(C)c1ccc(CN2CCCC(O)C2)cn1. The van der Waals surface area contributed by atoms with E-state index in [2.05, 4.69) is 42.8 Å². The molecule has 2 rings (SSSR count). The van der Waals surface area contributed by atoms with Crippen molar-refractivity contribution in [3.05, 3.63) is 29.6 Å². The van der Waals surface area contributed by atoms with Gasteiger partial charge in [-0.05, 0) is 31.0 Å². The van der Waals surface area contributed by atoms with Gasteiger partial charge in [-0.15, -0.1) is 0 Å². The second-order valence-electron chi connectivity index (χ2n) is 6.33. The Morgan fingerprint density at radius 3 is 2.72 bits per heavy atom. The molecule has 0 bridgehead atoms. The van der Waals surface area contributed by atoms with Crippen molar-refractivity contribution >= 4 is 0 Å². The van der Waals surface area contributed by atoms with Gasteiger partial charge in [-0.1, -0.05) is 26.8 Å². The summed E-state index contributed by atoms with van der Waals surface area (Å²) in [6, 6.07) is 4.28. The molecule has 1 aliphatic rings. The van der Waals surface area contributed by atoms with E-state index in [0.717, 1.165) is 38.2 Å². The molecule has 1 N–H and O–H groups in total. The van der Waals surface area contributed by atoms with E-state index >= 15 is 0 Å². The highest BCUT2D eigenvalue weighted by Crippen LogP contribution is 2.20. The first-order valence-corrected chi connectivity index (χ1v) is 6.81. The van der Waals surface area contributed by atoms with E-state index in [1.165, 1.54) is 5.56 Å². The molecule has 18 heavy (non-hydrogen) atoms. The summed E-state index contributed by atoms with van der Waals surface area (Å²) in [4.78, 5) is 6.85. The summed E-state index contributed by atoms with van der Waals surface area (Å²) in [5, 5.41) is 9.65. The fourth-order valence-electron chi connectivity index (χ4n) is 2.39. The number of pyridine rings is 1. The minimum Gasteiger partial charge on any atom is -0.392 e. The van der Waals surface area contributed by atoms with Crippen LogP contribution in [-0.2, 0) is 12.0 Å². The summed E-state index contributed by atoms with van der Waals surface area (Å²) in [6.07, 6.45) is 3.86. The van der Waals surface area contributed by atoms with E-state index < -0.39 is 0 Å². The topological polar surface area (TPSA) is 36.4 Å². The van der Waals surface area contributed by atoms with E-state index in [0.29, 0.717) is 0 Å². The molecule has 3 heteroatoms. The minimum atomic E-state index is -0.152. The molecule has 1 unspecified atom stereocenters. The molecule has 3 nitrogen and oxygen atoms in total. The van der Waals surface area contributed by atoms with Gasteiger partial charge in [-0.25, -0.2) is 0 Å². The predicted molar refractivity (Wildman–Crippen MR) is 73.5 cm³/mol. The predicted octanol–water partition coefficient (Wildman–Crippen LogP) is 2.34. The second-order valence-corrected chi connectivity index (χ2v) is 6.33. The Labute approximate surface area is 110 Å². The van der Waals surface area contributed by atoms with Gasteiger partial charge >= 0.3 is 0 Å². The van der Waals surface area contributed by atoms with Crippen molar-refractivity contribution in [3.8, 4) is 0 Å². The number of likely N-dealkylation sites (tertiary alicyclic amines) is 1. The van der Waals surface area contributed by atoms with Gasteiger partial charge in [-0.3, -0.25) is 9.88 Å². The molecule has 1 aromatic heterocycles. The van der Waals surface area contributed by atoms with Crippen LogP contribution < -0.4 is 0 Å². The normalized spacial score (nSPS) is 22.1. The maximum absolute atomic E-state index is 9.65. The molecule has 0 amide bonds. The number of rotatable bonds is 2. The quantitative estimate of drug-likeness (QED) is 0.872. The number of β-amino-alcohol motifs (C(OH)–C–C–N with tert-alkyl or cyclic N) is 1. The lowest BCUT2D eigenvalue weighted by molar-refractivity contribution is 0.0668. The number of piperidine rings is 1. The average molecular weight is 248 g/mol. The van der Waals surface area contributed by atoms with Crippen molar-refractivity contribution in [1.29, 1.82) is 0 Å². The number of aliphatic hydroxyl groups excluding tert-OH is 1. The molecule has 1 atom stereocenters. The fourth-order valence-corrected chi connectivity index (χ4v) is 2.39. The van der Waals surface area contributed by atoms with Crippen LogP contribution in [0.5, 0.6) is 0 Å². The molecular weight excluding hydrogens is 224 g/mol. The van der Waals surface area contributed by atoms with Crippen LogP contribution >= 0.6 is 0 Å². The Balaban J connectivity index is 1.98. The highest BCUT2D eigenvalue weighted by atomic mass is 16.3. The minimum absolute atomic E-state index is 0.111. The lowest BCUT2D eigenvalue weighted by Gasteiger charge is -2.30. The molecule has 1 fully saturated rings.